The molecule has 0 fully saturated rings. The molecule has 0 saturated heterocycles. The fourth-order valence-electron chi connectivity index (χ4n) is 1.23. The summed E-state index contributed by atoms with van der Waals surface area (Å²) >= 11 is 0. The van der Waals surface area contributed by atoms with Crippen molar-refractivity contribution in [3.8, 4) is 0 Å². The summed E-state index contributed by atoms with van der Waals surface area (Å²) in [6.45, 7) is 5.80. The largest absolute Gasteiger partial charge is 0.242 e. The lowest BCUT2D eigenvalue weighted by Gasteiger charge is -2.16. The van der Waals surface area contributed by atoms with Crippen molar-refractivity contribution in [1.29, 1.82) is 0 Å². The second-order valence-electron chi connectivity index (χ2n) is 3.03. The number of halogens is 1. The molecule has 0 spiro atoms. The zero-order chi connectivity index (χ0) is 7.72. The summed E-state index contributed by atoms with van der Waals surface area (Å²) in [6.07, 6.45) is 1.92. The summed E-state index contributed by atoms with van der Waals surface area (Å²) in [4.78, 5) is 0. The standard InChI is InChI=1S/C9H13F/c1-6-4-7(2)8(3)9(10)5-6/h4,9H,5H2,1-3H3/t9-/m0/s1. The molecule has 0 N–H and O–H groups in total. The SMILES string of the molecule is CC1=CC(C)=C(C)[C@@H](F)C1. The molecule has 56 valence electrons. The molecule has 1 heteroatoms. The van der Waals surface area contributed by atoms with E-state index in [2.05, 4.69) is 6.08 Å². The van der Waals surface area contributed by atoms with Gasteiger partial charge >= 0.3 is 0 Å². The van der Waals surface area contributed by atoms with Gasteiger partial charge in [-0.3, -0.25) is 0 Å². The van der Waals surface area contributed by atoms with Gasteiger partial charge in [-0.2, -0.15) is 0 Å². The molecule has 0 heterocycles. The van der Waals surface area contributed by atoms with E-state index < -0.39 is 6.17 Å². The van der Waals surface area contributed by atoms with E-state index >= 15 is 0 Å². The van der Waals surface area contributed by atoms with Crippen molar-refractivity contribution in [2.45, 2.75) is 33.4 Å². The smallest absolute Gasteiger partial charge is 0.125 e. The maximum absolute atomic E-state index is 13.0. The maximum Gasteiger partial charge on any atom is 0.125 e. The highest BCUT2D eigenvalue weighted by Crippen LogP contribution is 2.25. The van der Waals surface area contributed by atoms with Crippen molar-refractivity contribution in [3.63, 3.8) is 0 Å². The number of hydrogen-bond donors (Lipinski definition) is 0. The van der Waals surface area contributed by atoms with Crippen LogP contribution in [0, 0.1) is 0 Å². The van der Waals surface area contributed by atoms with Crippen LogP contribution in [-0.4, -0.2) is 6.17 Å². The summed E-state index contributed by atoms with van der Waals surface area (Å²) in [5.74, 6) is 0. The van der Waals surface area contributed by atoms with Crippen LogP contribution in [0.4, 0.5) is 4.39 Å². The molecule has 0 unspecified atom stereocenters. The van der Waals surface area contributed by atoms with Gasteiger partial charge in [-0.05, 0) is 31.9 Å². The van der Waals surface area contributed by atoms with Gasteiger partial charge in [0.1, 0.15) is 6.17 Å². The van der Waals surface area contributed by atoms with Crippen molar-refractivity contribution < 1.29 is 4.39 Å². The third-order valence-electron chi connectivity index (χ3n) is 2.06. The molecule has 10 heavy (non-hydrogen) atoms. The van der Waals surface area contributed by atoms with E-state index in [0.717, 1.165) is 16.7 Å². The van der Waals surface area contributed by atoms with Crippen LogP contribution >= 0.6 is 0 Å². The zero-order valence-corrected chi connectivity index (χ0v) is 6.74. The maximum atomic E-state index is 13.0. The van der Waals surface area contributed by atoms with Gasteiger partial charge in [-0.15, -0.1) is 0 Å². The summed E-state index contributed by atoms with van der Waals surface area (Å²) in [5, 5.41) is 0. The Hall–Kier alpha value is -0.590. The van der Waals surface area contributed by atoms with Gasteiger partial charge in [0.2, 0.25) is 0 Å². The average molecular weight is 140 g/mol. The van der Waals surface area contributed by atoms with Gasteiger partial charge < -0.3 is 0 Å². The highest BCUT2D eigenvalue weighted by Gasteiger charge is 2.15. The molecule has 0 aromatic rings. The first-order valence-corrected chi connectivity index (χ1v) is 3.60. The van der Waals surface area contributed by atoms with Crippen LogP contribution in [0.1, 0.15) is 27.2 Å². The van der Waals surface area contributed by atoms with Crippen molar-refractivity contribution >= 4 is 0 Å². The predicted octanol–water partition coefficient (Wildman–Crippen LogP) is 3.01. The molecule has 1 atom stereocenters. The lowest BCUT2D eigenvalue weighted by Crippen LogP contribution is -2.08. The molecule has 0 nitrogen and oxygen atoms in total. The molecular weight excluding hydrogens is 127 g/mol. The van der Waals surface area contributed by atoms with Crippen molar-refractivity contribution in [2.75, 3.05) is 0 Å². The highest BCUT2D eigenvalue weighted by atomic mass is 19.1. The lowest BCUT2D eigenvalue weighted by atomic mass is 9.93. The topological polar surface area (TPSA) is 0 Å². The van der Waals surface area contributed by atoms with Gasteiger partial charge in [0.15, 0.2) is 0 Å². The van der Waals surface area contributed by atoms with Crippen LogP contribution < -0.4 is 0 Å². The van der Waals surface area contributed by atoms with Gasteiger partial charge in [0.25, 0.3) is 0 Å². The van der Waals surface area contributed by atoms with Gasteiger partial charge in [0, 0.05) is 6.42 Å². The zero-order valence-electron chi connectivity index (χ0n) is 6.74. The van der Waals surface area contributed by atoms with E-state index in [1.807, 2.05) is 20.8 Å². The molecule has 0 saturated carbocycles. The summed E-state index contributed by atoms with van der Waals surface area (Å²) in [5.41, 5.74) is 3.14. The Morgan fingerprint density at radius 1 is 1.40 bits per heavy atom. The van der Waals surface area contributed by atoms with Crippen LogP contribution in [0.5, 0.6) is 0 Å². The molecule has 0 radical (unpaired) electrons. The minimum absolute atomic E-state index is 0.586. The Balaban J connectivity index is 2.92. The van der Waals surface area contributed by atoms with E-state index in [9.17, 15) is 4.39 Å². The van der Waals surface area contributed by atoms with E-state index in [1.54, 1.807) is 0 Å². The first-order chi connectivity index (χ1) is 4.61. The van der Waals surface area contributed by atoms with E-state index in [0.29, 0.717) is 6.42 Å². The second-order valence-corrected chi connectivity index (χ2v) is 3.03. The first kappa shape index (κ1) is 7.52. The molecule has 1 aliphatic rings. The quantitative estimate of drug-likeness (QED) is 0.485. The van der Waals surface area contributed by atoms with Crippen LogP contribution in [0.3, 0.4) is 0 Å². The number of hydrogen-bond acceptors (Lipinski definition) is 0. The van der Waals surface area contributed by atoms with Crippen LogP contribution in [0.25, 0.3) is 0 Å². The molecule has 0 aliphatic heterocycles. The highest BCUT2D eigenvalue weighted by molar-refractivity contribution is 5.33. The summed E-state index contributed by atoms with van der Waals surface area (Å²) in [7, 11) is 0. The average Bonchev–Trinajstić information content (AvgIpc) is 1.82. The monoisotopic (exact) mass is 140 g/mol. The first-order valence-electron chi connectivity index (χ1n) is 3.60. The molecule has 0 aromatic carbocycles. The van der Waals surface area contributed by atoms with E-state index in [4.69, 9.17) is 0 Å². The third-order valence-corrected chi connectivity index (χ3v) is 2.06. The molecule has 1 aliphatic carbocycles. The van der Waals surface area contributed by atoms with Crippen molar-refractivity contribution in [2.24, 2.45) is 0 Å². The Bertz CT molecular complexity index is 199. The van der Waals surface area contributed by atoms with Crippen LogP contribution in [0.15, 0.2) is 22.8 Å². The minimum Gasteiger partial charge on any atom is -0.242 e. The summed E-state index contributed by atoms with van der Waals surface area (Å²) < 4.78 is 13.0. The van der Waals surface area contributed by atoms with Gasteiger partial charge in [0.05, 0.1) is 0 Å². The van der Waals surface area contributed by atoms with Crippen molar-refractivity contribution in [1.82, 2.24) is 0 Å². The Kier molecular flexibility index (Phi) is 1.93. The Morgan fingerprint density at radius 2 is 2.00 bits per heavy atom. The molecule has 1 rings (SSSR count). The van der Waals surface area contributed by atoms with Crippen LogP contribution in [0.2, 0.25) is 0 Å². The van der Waals surface area contributed by atoms with Gasteiger partial charge in [-0.25, -0.2) is 4.39 Å². The normalized spacial score (nSPS) is 26.8. The van der Waals surface area contributed by atoms with E-state index in [1.165, 1.54) is 0 Å². The van der Waals surface area contributed by atoms with Gasteiger partial charge in [-0.1, -0.05) is 11.6 Å². The third kappa shape index (κ3) is 1.28. The fraction of sp³-hybridized carbons (Fsp3) is 0.556. The Morgan fingerprint density at radius 3 is 2.50 bits per heavy atom. The van der Waals surface area contributed by atoms with Crippen LogP contribution in [-0.2, 0) is 0 Å². The number of alkyl halides is 1. The minimum atomic E-state index is -0.731. The number of rotatable bonds is 0. The number of allylic oxidation sites excluding steroid dienone is 4. The van der Waals surface area contributed by atoms with Crippen molar-refractivity contribution in [3.05, 3.63) is 22.8 Å². The summed E-state index contributed by atoms with van der Waals surface area (Å²) in [6, 6.07) is 0. The molecule has 0 amide bonds. The molecule has 0 bridgehead atoms. The fourth-order valence-corrected chi connectivity index (χ4v) is 1.23. The molecular formula is C9H13F. The van der Waals surface area contributed by atoms with E-state index in [-0.39, 0.29) is 0 Å². The lowest BCUT2D eigenvalue weighted by molar-refractivity contribution is 0.374. The second kappa shape index (κ2) is 2.57. The predicted molar refractivity (Wildman–Crippen MR) is 41.6 cm³/mol. The Labute approximate surface area is 61.4 Å². The molecule has 0 aromatic heterocycles.